The van der Waals surface area contributed by atoms with Crippen molar-refractivity contribution in [3.63, 3.8) is 0 Å². The van der Waals surface area contributed by atoms with Crippen LogP contribution < -0.4 is 5.56 Å². The molecule has 1 aromatic carbocycles. The molecule has 0 saturated heterocycles. The van der Waals surface area contributed by atoms with Gasteiger partial charge in [-0.1, -0.05) is 6.07 Å². The summed E-state index contributed by atoms with van der Waals surface area (Å²) < 4.78 is 39.5. The molecule has 19 heavy (non-hydrogen) atoms. The molecule has 6 heteroatoms. The first-order chi connectivity index (χ1) is 8.97. The van der Waals surface area contributed by atoms with Gasteiger partial charge in [-0.25, -0.2) is 0 Å². The summed E-state index contributed by atoms with van der Waals surface area (Å²) in [6, 6.07) is 4.97. The zero-order chi connectivity index (χ0) is 13.6. The van der Waals surface area contributed by atoms with E-state index in [0.29, 0.717) is 24.1 Å². The summed E-state index contributed by atoms with van der Waals surface area (Å²) in [5.41, 5.74) is 0.910. The SMILES string of the molecule is O=c1[nH]n(-c2cccc(C(F)(F)F)c2)c2c1CCC2. The van der Waals surface area contributed by atoms with Gasteiger partial charge in [0.25, 0.3) is 5.56 Å². The number of hydrogen-bond acceptors (Lipinski definition) is 1. The number of fused-ring (bicyclic) bond motifs is 1. The Hall–Kier alpha value is -1.98. The van der Waals surface area contributed by atoms with Crippen molar-refractivity contribution in [2.45, 2.75) is 25.4 Å². The lowest BCUT2D eigenvalue weighted by Gasteiger charge is -2.10. The second kappa shape index (κ2) is 4.01. The van der Waals surface area contributed by atoms with Crippen LogP contribution in [0.5, 0.6) is 0 Å². The molecule has 1 N–H and O–H groups in total. The van der Waals surface area contributed by atoms with Crippen LogP contribution >= 0.6 is 0 Å². The number of nitrogens with zero attached hydrogens (tertiary/aromatic N) is 1. The summed E-state index contributed by atoms with van der Waals surface area (Å²) in [5.74, 6) is 0. The summed E-state index contributed by atoms with van der Waals surface area (Å²) in [6.45, 7) is 0. The van der Waals surface area contributed by atoms with Crippen LogP contribution in [0.3, 0.4) is 0 Å². The third kappa shape index (κ3) is 1.97. The van der Waals surface area contributed by atoms with Gasteiger partial charge >= 0.3 is 6.18 Å². The maximum Gasteiger partial charge on any atom is 0.416 e. The topological polar surface area (TPSA) is 37.8 Å². The lowest BCUT2D eigenvalue weighted by molar-refractivity contribution is -0.137. The molecule has 0 spiro atoms. The average Bonchev–Trinajstić information content (AvgIpc) is 2.93. The zero-order valence-corrected chi connectivity index (χ0v) is 9.92. The Bertz CT molecular complexity index is 682. The summed E-state index contributed by atoms with van der Waals surface area (Å²) in [6.07, 6.45) is -2.11. The highest BCUT2D eigenvalue weighted by molar-refractivity contribution is 5.40. The number of aromatic amines is 1. The first kappa shape index (κ1) is 12.1. The fraction of sp³-hybridized carbons (Fsp3) is 0.308. The van der Waals surface area contributed by atoms with Gasteiger partial charge in [-0.3, -0.25) is 14.6 Å². The van der Waals surface area contributed by atoms with Crippen LogP contribution in [0.15, 0.2) is 29.1 Å². The molecule has 1 heterocycles. The Labute approximate surface area is 106 Å². The van der Waals surface area contributed by atoms with E-state index in [-0.39, 0.29) is 5.56 Å². The molecule has 1 aromatic heterocycles. The largest absolute Gasteiger partial charge is 0.416 e. The lowest BCUT2D eigenvalue weighted by Crippen LogP contribution is -2.10. The van der Waals surface area contributed by atoms with Crippen LogP contribution in [0.2, 0.25) is 0 Å². The molecule has 0 aliphatic heterocycles. The van der Waals surface area contributed by atoms with E-state index in [2.05, 4.69) is 5.10 Å². The van der Waals surface area contributed by atoms with Crippen molar-refractivity contribution < 1.29 is 13.2 Å². The van der Waals surface area contributed by atoms with Gasteiger partial charge in [0, 0.05) is 11.3 Å². The molecule has 3 nitrogen and oxygen atoms in total. The summed E-state index contributed by atoms with van der Waals surface area (Å²) in [7, 11) is 0. The monoisotopic (exact) mass is 268 g/mol. The normalized spacial score (nSPS) is 14.7. The highest BCUT2D eigenvalue weighted by Gasteiger charge is 2.31. The van der Waals surface area contributed by atoms with E-state index < -0.39 is 11.7 Å². The predicted octanol–water partition coefficient (Wildman–Crippen LogP) is 2.67. The van der Waals surface area contributed by atoms with Crippen molar-refractivity contribution in [1.29, 1.82) is 0 Å². The number of halogens is 3. The van der Waals surface area contributed by atoms with Crippen LogP contribution in [-0.4, -0.2) is 9.78 Å². The molecular formula is C13H11F3N2O. The summed E-state index contributed by atoms with van der Waals surface area (Å²) in [4.78, 5) is 11.7. The van der Waals surface area contributed by atoms with E-state index in [1.165, 1.54) is 10.7 Å². The molecule has 3 rings (SSSR count). The summed E-state index contributed by atoms with van der Waals surface area (Å²) >= 11 is 0. The second-order valence-corrected chi connectivity index (χ2v) is 4.60. The van der Waals surface area contributed by atoms with Gasteiger partial charge in [0.2, 0.25) is 0 Å². The number of benzene rings is 1. The van der Waals surface area contributed by atoms with Crippen LogP contribution in [-0.2, 0) is 19.0 Å². The Morgan fingerprint density at radius 1 is 1.21 bits per heavy atom. The Morgan fingerprint density at radius 2 is 2.00 bits per heavy atom. The van der Waals surface area contributed by atoms with Crippen LogP contribution in [0.1, 0.15) is 23.2 Å². The minimum atomic E-state index is -4.38. The Balaban J connectivity index is 2.13. The zero-order valence-electron chi connectivity index (χ0n) is 9.92. The maximum atomic E-state index is 12.7. The van der Waals surface area contributed by atoms with Gasteiger partial charge in [0.1, 0.15) is 0 Å². The first-order valence-corrected chi connectivity index (χ1v) is 5.97. The van der Waals surface area contributed by atoms with E-state index in [1.54, 1.807) is 6.07 Å². The third-order valence-corrected chi connectivity index (χ3v) is 3.38. The van der Waals surface area contributed by atoms with Gasteiger partial charge < -0.3 is 0 Å². The second-order valence-electron chi connectivity index (χ2n) is 4.60. The van der Waals surface area contributed by atoms with Crippen molar-refractivity contribution in [3.8, 4) is 5.69 Å². The van der Waals surface area contributed by atoms with E-state index in [1.807, 2.05) is 0 Å². The van der Waals surface area contributed by atoms with Crippen LogP contribution in [0.4, 0.5) is 13.2 Å². The molecule has 0 atom stereocenters. The van der Waals surface area contributed by atoms with Crippen molar-refractivity contribution in [1.82, 2.24) is 9.78 Å². The fourth-order valence-corrected chi connectivity index (χ4v) is 2.50. The standard InChI is InChI=1S/C13H11F3N2O/c14-13(15,16)8-3-1-4-9(7-8)18-11-6-2-5-10(11)12(19)17-18/h1,3-4,7H,2,5-6H2,(H,17,19). The molecule has 0 fully saturated rings. The molecule has 0 unspecified atom stereocenters. The Kier molecular flexibility index (Phi) is 2.55. The highest BCUT2D eigenvalue weighted by Crippen LogP contribution is 2.31. The molecule has 1 aliphatic rings. The minimum Gasteiger partial charge on any atom is -0.268 e. The highest BCUT2D eigenvalue weighted by atomic mass is 19.4. The molecule has 100 valence electrons. The molecular weight excluding hydrogens is 257 g/mol. The third-order valence-electron chi connectivity index (χ3n) is 3.38. The van der Waals surface area contributed by atoms with E-state index >= 15 is 0 Å². The maximum absolute atomic E-state index is 12.7. The van der Waals surface area contributed by atoms with Crippen molar-refractivity contribution >= 4 is 0 Å². The van der Waals surface area contributed by atoms with Gasteiger partial charge in [-0.2, -0.15) is 13.2 Å². The van der Waals surface area contributed by atoms with Crippen molar-refractivity contribution in [3.05, 3.63) is 51.4 Å². The number of nitrogens with one attached hydrogen (secondary N) is 1. The number of alkyl halides is 3. The fourth-order valence-electron chi connectivity index (χ4n) is 2.50. The lowest BCUT2D eigenvalue weighted by atomic mass is 10.2. The quantitative estimate of drug-likeness (QED) is 0.848. The molecule has 1 aliphatic carbocycles. The van der Waals surface area contributed by atoms with Crippen LogP contribution in [0, 0.1) is 0 Å². The van der Waals surface area contributed by atoms with E-state index in [4.69, 9.17) is 0 Å². The van der Waals surface area contributed by atoms with Gasteiger partial charge in [0.05, 0.1) is 11.3 Å². The van der Waals surface area contributed by atoms with Crippen molar-refractivity contribution in [2.24, 2.45) is 0 Å². The van der Waals surface area contributed by atoms with Crippen LogP contribution in [0.25, 0.3) is 5.69 Å². The van der Waals surface area contributed by atoms with Crippen molar-refractivity contribution in [2.75, 3.05) is 0 Å². The number of H-pyrrole nitrogens is 1. The smallest absolute Gasteiger partial charge is 0.268 e. The van der Waals surface area contributed by atoms with E-state index in [9.17, 15) is 18.0 Å². The molecule has 0 saturated carbocycles. The number of aromatic nitrogens is 2. The number of rotatable bonds is 1. The first-order valence-electron chi connectivity index (χ1n) is 5.97. The predicted molar refractivity (Wildman–Crippen MR) is 63.4 cm³/mol. The molecule has 0 amide bonds. The Morgan fingerprint density at radius 3 is 2.74 bits per heavy atom. The molecule has 2 aromatic rings. The summed E-state index contributed by atoms with van der Waals surface area (Å²) in [5, 5.41) is 2.60. The van der Waals surface area contributed by atoms with Gasteiger partial charge in [-0.15, -0.1) is 0 Å². The number of hydrogen-bond donors (Lipinski definition) is 1. The molecule has 0 bridgehead atoms. The average molecular weight is 268 g/mol. The van der Waals surface area contributed by atoms with Gasteiger partial charge in [0.15, 0.2) is 0 Å². The minimum absolute atomic E-state index is 0.204. The van der Waals surface area contributed by atoms with Gasteiger partial charge in [-0.05, 0) is 37.5 Å². The molecule has 0 radical (unpaired) electrons. The van der Waals surface area contributed by atoms with E-state index in [0.717, 1.165) is 24.2 Å².